The van der Waals surface area contributed by atoms with Gasteiger partial charge in [-0.1, -0.05) is 12.1 Å². The first-order valence-electron chi connectivity index (χ1n) is 8.59. The van der Waals surface area contributed by atoms with Crippen molar-refractivity contribution >= 4 is 21.6 Å². The standard InChI is InChI=1S/C19H22N2O5S/c1-14(22)21-11-9-15-13-16(7-8-17(15)21)27(23,24)20-10-12-26-19-6-4-3-5-18(19)25-2/h3-8,13,20H,9-12H2,1-2H3. The van der Waals surface area contributed by atoms with E-state index in [-0.39, 0.29) is 24.0 Å². The number of nitrogens with zero attached hydrogens (tertiary/aromatic N) is 1. The number of para-hydroxylation sites is 2. The third-order valence-corrected chi connectivity index (χ3v) is 5.82. The largest absolute Gasteiger partial charge is 0.493 e. The molecular weight excluding hydrogens is 368 g/mol. The normalized spacial score (nSPS) is 13.3. The lowest BCUT2D eigenvalue weighted by Gasteiger charge is -2.15. The Morgan fingerprint density at radius 3 is 2.63 bits per heavy atom. The minimum Gasteiger partial charge on any atom is -0.493 e. The Bertz CT molecular complexity index is 943. The van der Waals surface area contributed by atoms with Gasteiger partial charge in [0.15, 0.2) is 11.5 Å². The van der Waals surface area contributed by atoms with Gasteiger partial charge >= 0.3 is 0 Å². The molecule has 0 aliphatic carbocycles. The SMILES string of the molecule is COc1ccccc1OCCNS(=O)(=O)c1ccc2c(c1)CCN2C(C)=O. The van der Waals surface area contributed by atoms with Crippen LogP contribution in [0.3, 0.4) is 0 Å². The molecular formula is C19H22N2O5S. The number of amides is 1. The predicted molar refractivity (Wildman–Crippen MR) is 102 cm³/mol. The van der Waals surface area contributed by atoms with Gasteiger partial charge in [-0.3, -0.25) is 4.79 Å². The van der Waals surface area contributed by atoms with E-state index in [0.29, 0.717) is 24.5 Å². The molecule has 1 amide bonds. The zero-order chi connectivity index (χ0) is 19.4. The molecule has 1 aliphatic heterocycles. The lowest BCUT2D eigenvalue weighted by Crippen LogP contribution is -2.28. The van der Waals surface area contributed by atoms with Crippen LogP contribution in [0.4, 0.5) is 5.69 Å². The maximum Gasteiger partial charge on any atom is 0.240 e. The van der Waals surface area contributed by atoms with E-state index in [1.807, 2.05) is 12.1 Å². The highest BCUT2D eigenvalue weighted by molar-refractivity contribution is 7.89. The number of rotatable bonds is 7. The molecule has 1 N–H and O–H groups in total. The van der Waals surface area contributed by atoms with E-state index in [2.05, 4.69) is 4.72 Å². The van der Waals surface area contributed by atoms with Gasteiger partial charge in [-0.15, -0.1) is 0 Å². The Morgan fingerprint density at radius 1 is 1.19 bits per heavy atom. The predicted octanol–water partition coefficient (Wildman–Crippen LogP) is 1.96. The fourth-order valence-electron chi connectivity index (χ4n) is 3.03. The van der Waals surface area contributed by atoms with Crippen molar-refractivity contribution < 1.29 is 22.7 Å². The molecule has 1 aliphatic rings. The number of hydrogen-bond donors (Lipinski definition) is 1. The van der Waals surface area contributed by atoms with Crippen LogP contribution in [0.1, 0.15) is 12.5 Å². The van der Waals surface area contributed by atoms with Crippen molar-refractivity contribution in [1.82, 2.24) is 4.72 Å². The Labute approximate surface area is 158 Å². The summed E-state index contributed by atoms with van der Waals surface area (Å²) >= 11 is 0. The van der Waals surface area contributed by atoms with Gasteiger partial charge < -0.3 is 14.4 Å². The van der Waals surface area contributed by atoms with Gasteiger partial charge in [-0.05, 0) is 42.3 Å². The lowest BCUT2D eigenvalue weighted by atomic mass is 10.2. The second-order valence-corrected chi connectivity index (χ2v) is 7.88. The van der Waals surface area contributed by atoms with Crippen molar-refractivity contribution in [3.63, 3.8) is 0 Å². The minimum atomic E-state index is -3.65. The Balaban J connectivity index is 1.61. The van der Waals surface area contributed by atoms with Gasteiger partial charge in [-0.2, -0.15) is 0 Å². The molecule has 2 aromatic rings. The molecule has 2 aromatic carbocycles. The number of hydrogen-bond acceptors (Lipinski definition) is 5. The van der Waals surface area contributed by atoms with Crippen molar-refractivity contribution in [2.75, 3.05) is 31.7 Å². The number of sulfonamides is 1. The number of methoxy groups -OCH3 is 1. The quantitative estimate of drug-likeness (QED) is 0.731. The number of ether oxygens (including phenoxy) is 2. The van der Waals surface area contributed by atoms with Crippen LogP contribution in [0.2, 0.25) is 0 Å². The van der Waals surface area contributed by atoms with Crippen molar-refractivity contribution in [1.29, 1.82) is 0 Å². The van der Waals surface area contributed by atoms with Crippen LogP contribution in [-0.4, -0.2) is 41.1 Å². The summed E-state index contributed by atoms with van der Waals surface area (Å²) in [5.74, 6) is 1.10. The molecule has 8 heteroatoms. The average Bonchev–Trinajstić information content (AvgIpc) is 3.09. The highest BCUT2D eigenvalue weighted by Crippen LogP contribution is 2.30. The third kappa shape index (κ3) is 4.23. The maximum absolute atomic E-state index is 12.5. The van der Waals surface area contributed by atoms with Crippen molar-refractivity contribution in [3.8, 4) is 11.5 Å². The van der Waals surface area contributed by atoms with Gasteiger partial charge in [0.2, 0.25) is 15.9 Å². The second-order valence-electron chi connectivity index (χ2n) is 6.11. The summed E-state index contributed by atoms with van der Waals surface area (Å²) in [5, 5.41) is 0. The van der Waals surface area contributed by atoms with Crippen molar-refractivity contribution in [2.45, 2.75) is 18.2 Å². The van der Waals surface area contributed by atoms with E-state index in [4.69, 9.17) is 9.47 Å². The van der Waals surface area contributed by atoms with Crippen LogP contribution in [0.5, 0.6) is 11.5 Å². The Morgan fingerprint density at radius 2 is 1.93 bits per heavy atom. The highest BCUT2D eigenvalue weighted by atomic mass is 32.2. The summed E-state index contributed by atoms with van der Waals surface area (Å²) in [6, 6.07) is 12.0. The average molecular weight is 390 g/mol. The van der Waals surface area contributed by atoms with Gasteiger partial charge in [0.05, 0.1) is 12.0 Å². The molecule has 0 fully saturated rings. The molecule has 27 heavy (non-hydrogen) atoms. The summed E-state index contributed by atoms with van der Waals surface area (Å²) in [4.78, 5) is 13.4. The first kappa shape index (κ1) is 19.2. The molecule has 0 radical (unpaired) electrons. The van der Waals surface area contributed by atoms with Gasteiger partial charge in [-0.25, -0.2) is 13.1 Å². The van der Waals surface area contributed by atoms with Gasteiger partial charge in [0, 0.05) is 25.7 Å². The molecule has 0 saturated heterocycles. The number of anilines is 1. The Kier molecular flexibility index (Phi) is 5.67. The highest BCUT2D eigenvalue weighted by Gasteiger charge is 2.24. The van der Waals surface area contributed by atoms with Crippen LogP contribution in [-0.2, 0) is 21.2 Å². The number of fused-ring (bicyclic) bond motifs is 1. The van der Waals surface area contributed by atoms with E-state index in [1.54, 1.807) is 36.3 Å². The first-order valence-corrected chi connectivity index (χ1v) is 10.1. The zero-order valence-corrected chi connectivity index (χ0v) is 16.1. The van der Waals surface area contributed by atoms with E-state index >= 15 is 0 Å². The summed E-state index contributed by atoms with van der Waals surface area (Å²) in [5.41, 5.74) is 1.64. The van der Waals surface area contributed by atoms with Crippen molar-refractivity contribution in [3.05, 3.63) is 48.0 Å². The van der Waals surface area contributed by atoms with Crippen LogP contribution < -0.4 is 19.1 Å². The molecule has 1 heterocycles. The fourth-order valence-corrected chi connectivity index (χ4v) is 4.09. The maximum atomic E-state index is 12.5. The summed E-state index contributed by atoms with van der Waals surface area (Å²) in [6.45, 7) is 2.37. The third-order valence-electron chi connectivity index (χ3n) is 4.36. The fraction of sp³-hybridized carbons (Fsp3) is 0.316. The van der Waals surface area contributed by atoms with Crippen LogP contribution in [0, 0.1) is 0 Å². The lowest BCUT2D eigenvalue weighted by molar-refractivity contribution is -0.116. The van der Waals surface area contributed by atoms with E-state index < -0.39 is 10.0 Å². The second kappa shape index (κ2) is 7.98. The number of carbonyl (C=O) groups excluding carboxylic acids is 1. The molecule has 3 rings (SSSR count). The molecule has 0 saturated carbocycles. The molecule has 0 spiro atoms. The zero-order valence-electron chi connectivity index (χ0n) is 15.3. The summed E-state index contributed by atoms with van der Waals surface area (Å²) in [6.07, 6.45) is 0.648. The minimum absolute atomic E-state index is 0.0454. The van der Waals surface area contributed by atoms with Crippen LogP contribution in [0.25, 0.3) is 0 Å². The van der Waals surface area contributed by atoms with Crippen molar-refractivity contribution in [2.24, 2.45) is 0 Å². The van der Waals surface area contributed by atoms with E-state index in [9.17, 15) is 13.2 Å². The van der Waals surface area contributed by atoms with E-state index in [0.717, 1.165) is 11.3 Å². The summed E-state index contributed by atoms with van der Waals surface area (Å²) < 4.78 is 38.3. The van der Waals surface area contributed by atoms with Gasteiger partial charge in [0.25, 0.3) is 0 Å². The van der Waals surface area contributed by atoms with Gasteiger partial charge in [0.1, 0.15) is 6.61 Å². The monoisotopic (exact) mass is 390 g/mol. The molecule has 0 atom stereocenters. The number of nitrogens with one attached hydrogen (secondary N) is 1. The topological polar surface area (TPSA) is 84.9 Å². The van der Waals surface area contributed by atoms with Crippen LogP contribution >= 0.6 is 0 Å². The molecule has 0 aromatic heterocycles. The summed E-state index contributed by atoms with van der Waals surface area (Å²) in [7, 11) is -2.11. The molecule has 0 bridgehead atoms. The molecule has 0 unspecified atom stereocenters. The van der Waals surface area contributed by atoms with E-state index in [1.165, 1.54) is 13.0 Å². The molecule has 7 nitrogen and oxygen atoms in total. The van der Waals surface area contributed by atoms with Crippen LogP contribution in [0.15, 0.2) is 47.4 Å². The number of benzene rings is 2. The first-order chi connectivity index (χ1) is 12.9. The Hall–Kier alpha value is -2.58. The smallest absolute Gasteiger partial charge is 0.240 e. The molecule has 144 valence electrons. The number of carbonyl (C=O) groups is 1.